The van der Waals surface area contributed by atoms with Gasteiger partial charge in [0.15, 0.2) is 0 Å². The van der Waals surface area contributed by atoms with E-state index >= 15 is 0 Å². The van der Waals surface area contributed by atoms with Crippen molar-refractivity contribution in [2.45, 2.75) is 13.2 Å². The molecule has 2 rings (SSSR count). The molecule has 0 heterocycles. The van der Waals surface area contributed by atoms with Crippen molar-refractivity contribution < 1.29 is 9.13 Å². The number of benzene rings is 2. The van der Waals surface area contributed by atoms with E-state index in [9.17, 15) is 4.39 Å². The topological polar surface area (TPSA) is 59.0 Å². The fraction of sp³-hybridized carbons (Fsp3) is 0.133. The molecule has 0 spiro atoms. The molecular formula is C15H13FN2O. The van der Waals surface area contributed by atoms with Gasteiger partial charge in [-0.3, -0.25) is 0 Å². The predicted octanol–water partition coefficient (Wildman–Crippen LogP) is 2.74. The third kappa shape index (κ3) is 3.09. The van der Waals surface area contributed by atoms with Crippen LogP contribution >= 0.6 is 0 Å². The van der Waals surface area contributed by atoms with Gasteiger partial charge in [0, 0.05) is 17.7 Å². The van der Waals surface area contributed by atoms with Crippen molar-refractivity contribution in [3.05, 3.63) is 65.0 Å². The summed E-state index contributed by atoms with van der Waals surface area (Å²) in [6.45, 7) is 0.454. The Morgan fingerprint density at radius 1 is 1.16 bits per heavy atom. The Bertz CT molecular complexity index is 620. The standard InChI is InChI=1S/C15H13FN2O/c16-14-5-6-15(13(7-14)9-18)19-10-12-4-2-1-3-11(12)8-17/h1-7H,9-10,18H2. The highest BCUT2D eigenvalue weighted by Crippen LogP contribution is 2.21. The zero-order valence-electron chi connectivity index (χ0n) is 10.3. The van der Waals surface area contributed by atoms with Crippen molar-refractivity contribution in [3.8, 4) is 11.8 Å². The molecule has 0 radical (unpaired) electrons. The SMILES string of the molecule is N#Cc1ccccc1COc1ccc(F)cc1CN. The Kier molecular flexibility index (Phi) is 4.11. The summed E-state index contributed by atoms with van der Waals surface area (Å²) in [5, 5.41) is 8.98. The van der Waals surface area contributed by atoms with Crippen LogP contribution in [0.1, 0.15) is 16.7 Å². The monoisotopic (exact) mass is 256 g/mol. The summed E-state index contributed by atoms with van der Waals surface area (Å²) in [5.74, 6) is 0.196. The number of rotatable bonds is 4. The van der Waals surface area contributed by atoms with Crippen LogP contribution in [-0.4, -0.2) is 0 Å². The van der Waals surface area contributed by atoms with E-state index in [0.29, 0.717) is 16.9 Å². The van der Waals surface area contributed by atoms with Crippen LogP contribution in [0.25, 0.3) is 0 Å². The van der Waals surface area contributed by atoms with Crippen molar-refractivity contribution in [2.24, 2.45) is 5.73 Å². The first kappa shape index (κ1) is 13.1. The van der Waals surface area contributed by atoms with Crippen LogP contribution in [0, 0.1) is 17.1 Å². The van der Waals surface area contributed by atoms with E-state index in [-0.39, 0.29) is 19.0 Å². The maximum Gasteiger partial charge on any atom is 0.124 e. The summed E-state index contributed by atoms with van der Waals surface area (Å²) in [4.78, 5) is 0. The molecule has 0 bridgehead atoms. The van der Waals surface area contributed by atoms with Crippen LogP contribution in [-0.2, 0) is 13.2 Å². The molecule has 2 aromatic rings. The Morgan fingerprint density at radius 3 is 2.68 bits per heavy atom. The minimum absolute atomic E-state index is 0.201. The highest BCUT2D eigenvalue weighted by atomic mass is 19.1. The second kappa shape index (κ2) is 5.98. The molecule has 0 saturated carbocycles. The summed E-state index contributed by atoms with van der Waals surface area (Å²) in [5.41, 5.74) is 7.51. The predicted molar refractivity (Wildman–Crippen MR) is 69.8 cm³/mol. The summed E-state index contributed by atoms with van der Waals surface area (Å²) < 4.78 is 18.7. The minimum Gasteiger partial charge on any atom is -0.489 e. The minimum atomic E-state index is -0.342. The summed E-state index contributed by atoms with van der Waals surface area (Å²) in [6.07, 6.45) is 0. The maximum absolute atomic E-state index is 13.1. The molecule has 0 saturated heterocycles. The average Bonchev–Trinajstić information content (AvgIpc) is 2.46. The van der Waals surface area contributed by atoms with Gasteiger partial charge in [0.05, 0.1) is 11.6 Å². The number of halogens is 1. The van der Waals surface area contributed by atoms with Gasteiger partial charge in [-0.1, -0.05) is 18.2 Å². The lowest BCUT2D eigenvalue weighted by molar-refractivity contribution is 0.302. The van der Waals surface area contributed by atoms with Crippen LogP contribution in [0.3, 0.4) is 0 Å². The lowest BCUT2D eigenvalue weighted by Crippen LogP contribution is -2.04. The fourth-order valence-corrected chi connectivity index (χ4v) is 1.76. The van der Waals surface area contributed by atoms with E-state index in [1.807, 2.05) is 12.1 Å². The molecule has 0 atom stereocenters. The number of hydrogen-bond donors (Lipinski definition) is 1. The van der Waals surface area contributed by atoms with Crippen molar-refractivity contribution >= 4 is 0 Å². The van der Waals surface area contributed by atoms with Gasteiger partial charge >= 0.3 is 0 Å². The average molecular weight is 256 g/mol. The van der Waals surface area contributed by atoms with Crippen molar-refractivity contribution in [2.75, 3.05) is 0 Å². The number of nitrogens with two attached hydrogens (primary N) is 1. The van der Waals surface area contributed by atoms with Gasteiger partial charge in [-0.25, -0.2) is 4.39 Å². The van der Waals surface area contributed by atoms with E-state index in [1.165, 1.54) is 12.1 Å². The van der Waals surface area contributed by atoms with Crippen LogP contribution in [0.4, 0.5) is 4.39 Å². The molecule has 0 fully saturated rings. The molecule has 4 heteroatoms. The molecule has 0 unspecified atom stereocenters. The number of nitriles is 1. The quantitative estimate of drug-likeness (QED) is 0.915. The number of ether oxygens (including phenoxy) is 1. The lowest BCUT2D eigenvalue weighted by atomic mass is 10.1. The molecule has 3 nitrogen and oxygen atoms in total. The van der Waals surface area contributed by atoms with E-state index in [0.717, 1.165) is 5.56 Å². The third-order valence-electron chi connectivity index (χ3n) is 2.76. The van der Waals surface area contributed by atoms with Crippen LogP contribution in [0.15, 0.2) is 42.5 Å². The van der Waals surface area contributed by atoms with Crippen LogP contribution < -0.4 is 10.5 Å². The van der Waals surface area contributed by atoms with E-state index in [4.69, 9.17) is 15.7 Å². The molecule has 96 valence electrons. The number of hydrogen-bond acceptors (Lipinski definition) is 3. The van der Waals surface area contributed by atoms with Gasteiger partial charge < -0.3 is 10.5 Å². The highest BCUT2D eigenvalue weighted by Gasteiger charge is 2.06. The molecule has 2 N–H and O–H groups in total. The van der Waals surface area contributed by atoms with Crippen molar-refractivity contribution in [3.63, 3.8) is 0 Å². The normalized spacial score (nSPS) is 9.95. The Balaban J connectivity index is 2.17. The first-order valence-electron chi connectivity index (χ1n) is 5.84. The molecule has 0 aliphatic heterocycles. The van der Waals surface area contributed by atoms with Gasteiger partial charge in [0.25, 0.3) is 0 Å². The van der Waals surface area contributed by atoms with Gasteiger partial charge in [0.2, 0.25) is 0 Å². The molecule has 0 aliphatic carbocycles. The van der Waals surface area contributed by atoms with Crippen LogP contribution in [0.5, 0.6) is 5.75 Å². The zero-order valence-corrected chi connectivity index (χ0v) is 10.3. The van der Waals surface area contributed by atoms with E-state index < -0.39 is 0 Å². The van der Waals surface area contributed by atoms with E-state index in [1.54, 1.807) is 18.2 Å². The number of nitrogens with zero attached hydrogens (tertiary/aromatic N) is 1. The van der Waals surface area contributed by atoms with Gasteiger partial charge in [-0.2, -0.15) is 5.26 Å². The second-order valence-electron chi connectivity index (χ2n) is 4.01. The fourth-order valence-electron chi connectivity index (χ4n) is 1.76. The highest BCUT2D eigenvalue weighted by molar-refractivity contribution is 5.38. The first-order chi connectivity index (χ1) is 9.24. The lowest BCUT2D eigenvalue weighted by Gasteiger charge is -2.11. The first-order valence-corrected chi connectivity index (χ1v) is 5.84. The smallest absolute Gasteiger partial charge is 0.124 e. The van der Waals surface area contributed by atoms with Crippen molar-refractivity contribution in [1.82, 2.24) is 0 Å². The summed E-state index contributed by atoms with van der Waals surface area (Å²) >= 11 is 0. The van der Waals surface area contributed by atoms with Crippen LogP contribution in [0.2, 0.25) is 0 Å². The van der Waals surface area contributed by atoms with Crippen molar-refractivity contribution in [1.29, 1.82) is 5.26 Å². The Morgan fingerprint density at radius 2 is 1.95 bits per heavy atom. The zero-order chi connectivity index (χ0) is 13.7. The molecule has 19 heavy (non-hydrogen) atoms. The Labute approximate surface area is 111 Å². The molecule has 2 aromatic carbocycles. The molecule has 0 amide bonds. The molecular weight excluding hydrogens is 243 g/mol. The third-order valence-corrected chi connectivity index (χ3v) is 2.76. The molecule has 0 aromatic heterocycles. The van der Waals surface area contributed by atoms with E-state index in [2.05, 4.69) is 6.07 Å². The van der Waals surface area contributed by atoms with Gasteiger partial charge in [-0.05, 0) is 24.3 Å². The summed E-state index contributed by atoms with van der Waals surface area (Å²) in [7, 11) is 0. The summed E-state index contributed by atoms with van der Waals surface area (Å²) in [6, 6.07) is 13.5. The maximum atomic E-state index is 13.1. The van der Waals surface area contributed by atoms with Gasteiger partial charge in [0.1, 0.15) is 18.2 Å². The molecule has 0 aliphatic rings. The largest absolute Gasteiger partial charge is 0.489 e. The second-order valence-corrected chi connectivity index (χ2v) is 4.01. The Hall–Kier alpha value is -2.38. The van der Waals surface area contributed by atoms with Gasteiger partial charge in [-0.15, -0.1) is 0 Å².